The Hall–Kier alpha value is -2.39. The Labute approximate surface area is 249 Å². The maximum Gasteiger partial charge on any atom is 0.326 e. The van der Waals surface area contributed by atoms with Crippen molar-refractivity contribution in [1.29, 1.82) is 0 Å². The number of nitrogens with zero attached hydrogens (tertiary/aromatic N) is 1. The molecule has 224 valence electrons. The lowest BCUT2D eigenvalue weighted by Crippen LogP contribution is -2.41. The fourth-order valence-corrected chi connectivity index (χ4v) is 6.62. The molecule has 0 unspecified atom stereocenters. The molecular formula is C33H46N2O5S. The fraction of sp³-hybridized carbons (Fsp3) is 0.576. The third kappa shape index (κ3) is 8.80. The Morgan fingerprint density at radius 1 is 1.10 bits per heavy atom. The van der Waals surface area contributed by atoms with E-state index < -0.39 is 12.0 Å². The lowest BCUT2D eigenvalue weighted by atomic mass is 9.90. The number of nitrogens with one attached hydrogen (secondary N) is 1. The topological polar surface area (TPSA) is 88.1 Å². The van der Waals surface area contributed by atoms with E-state index in [4.69, 9.17) is 9.47 Å². The molecule has 0 spiro atoms. The molecule has 0 radical (unpaired) electrons. The number of ether oxygens (including phenoxy) is 2. The van der Waals surface area contributed by atoms with Crippen LogP contribution in [0.2, 0.25) is 0 Å². The van der Waals surface area contributed by atoms with Gasteiger partial charge < -0.3 is 19.9 Å². The summed E-state index contributed by atoms with van der Waals surface area (Å²) in [5.74, 6) is -0.0310. The van der Waals surface area contributed by atoms with E-state index in [0.29, 0.717) is 30.3 Å². The standard InChI is InChI=1S/C33H46N2O5S/c1-23-9-7-8-12-28(23)30-17-25(13-14-29(30)32(36)34-31(33(37)38)15-16-41-3)19-35-20-27(39-2)18-26(35)22-40-21-24-10-5-4-6-11-24/h7-9,12-14,17,24,26-27,31H,4-6,10-11,15-16,18-22H2,1-3H3,(H,34,36)(H,37,38)/t26-,27-,31+/m1/s1. The fourth-order valence-electron chi connectivity index (χ4n) is 6.15. The number of amides is 1. The molecule has 2 aromatic carbocycles. The number of benzene rings is 2. The summed E-state index contributed by atoms with van der Waals surface area (Å²) >= 11 is 1.57. The van der Waals surface area contributed by atoms with E-state index in [2.05, 4.69) is 16.3 Å². The molecule has 1 aliphatic carbocycles. The molecule has 1 saturated heterocycles. The van der Waals surface area contributed by atoms with Gasteiger partial charge in [0.1, 0.15) is 6.04 Å². The van der Waals surface area contributed by atoms with Crippen LogP contribution in [-0.4, -0.2) is 78.9 Å². The number of likely N-dealkylation sites (tertiary alicyclic amines) is 1. The van der Waals surface area contributed by atoms with Crippen molar-refractivity contribution in [2.45, 2.75) is 76.6 Å². The summed E-state index contributed by atoms with van der Waals surface area (Å²) in [6.45, 7) is 5.15. The number of rotatable bonds is 14. The van der Waals surface area contributed by atoms with E-state index in [1.807, 2.05) is 49.6 Å². The Bertz CT molecular complexity index is 1150. The van der Waals surface area contributed by atoms with Crippen molar-refractivity contribution in [2.24, 2.45) is 5.92 Å². The number of aliphatic carboxylic acids is 1. The number of thioether (sulfide) groups is 1. The number of methoxy groups -OCH3 is 1. The van der Waals surface area contributed by atoms with E-state index in [1.54, 1.807) is 18.9 Å². The molecule has 7 nitrogen and oxygen atoms in total. The van der Waals surface area contributed by atoms with Crippen LogP contribution < -0.4 is 5.32 Å². The van der Waals surface area contributed by atoms with Gasteiger partial charge >= 0.3 is 5.97 Å². The number of hydrogen-bond donors (Lipinski definition) is 2. The van der Waals surface area contributed by atoms with Crippen LogP contribution in [0.3, 0.4) is 0 Å². The van der Waals surface area contributed by atoms with Crippen molar-refractivity contribution in [3.05, 3.63) is 59.2 Å². The number of hydrogen-bond acceptors (Lipinski definition) is 6. The zero-order valence-electron chi connectivity index (χ0n) is 24.8. The highest BCUT2D eigenvalue weighted by Gasteiger charge is 2.33. The first-order valence-electron chi connectivity index (χ1n) is 15.0. The molecule has 41 heavy (non-hydrogen) atoms. The molecule has 4 rings (SSSR count). The van der Waals surface area contributed by atoms with Crippen molar-refractivity contribution < 1.29 is 24.2 Å². The second-order valence-electron chi connectivity index (χ2n) is 11.6. The predicted molar refractivity (Wildman–Crippen MR) is 166 cm³/mol. The van der Waals surface area contributed by atoms with Gasteiger partial charge in [-0.25, -0.2) is 4.79 Å². The second-order valence-corrected chi connectivity index (χ2v) is 12.5. The van der Waals surface area contributed by atoms with Crippen molar-refractivity contribution in [2.75, 3.05) is 38.9 Å². The van der Waals surface area contributed by atoms with E-state index in [9.17, 15) is 14.7 Å². The highest BCUT2D eigenvalue weighted by Crippen LogP contribution is 2.31. The van der Waals surface area contributed by atoms with Gasteiger partial charge in [-0.3, -0.25) is 9.69 Å². The minimum absolute atomic E-state index is 0.174. The van der Waals surface area contributed by atoms with Crippen LogP contribution in [0.4, 0.5) is 0 Å². The molecule has 8 heteroatoms. The smallest absolute Gasteiger partial charge is 0.326 e. The Morgan fingerprint density at radius 2 is 1.88 bits per heavy atom. The quantitative estimate of drug-likeness (QED) is 0.292. The third-order valence-electron chi connectivity index (χ3n) is 8.57. The van der Waals surface area contributed by atoms with Crippen molar-refractivity contribution in [3.8, 4) is 11.1 Å². The Balaban J connectivity index is 1.53. The molecule has 1 saturated carbocycles. The van der Waals surface area contributed by atoms with E-state index >= 15 is 0 Å². The highest BCUT2D eigenvalue weighted by atomic mass is 32.2. The first-order valence-corrected chi connectivity index (χ1v) is 16.3. The first-order chi connectivity index (χ1) is 19.9. The SMILES string of the molecule is CO[C@@H]1C[C@H](COCC2CCCCC2)N(Cc2ccc(C(=O)N[C@@H](CCSC)C(=O)O)c(-c3ccccc3C)c2)C1. The van der Waals surface area contributed by atoms with Gasteiger partial charge in [-0.15, -0.1) is 0 Å². The van der Waals surface area contributed by atoms with Crippen LogP contribution in [0.25, 0.3) is 11.1 Å². The van der Waals surface area contributed by atoms with E-state index in [-0.39, 0.29) is 18.1 Å². The molecule has 2 N–H and O–H groups in total. The summed E-state index contributed by atoms with van der Waals surface area (Å²) in [5, 5.41) is 12.4. The minimum atomic E-state index is -1.01. The second kappa shape index (κ2) is 15.7. The van der Waals surface area contributed by atoms with Crippen LogP contribution in [-0.2, 0) is 20.8 Å². The zero-order chi connectivity index (χ0) is 29.2. The van der Waals surface area contributed by atoms with Crippen molar-refractivity contribution >= 4 is 23.6 Å². The molecule has 1 amide bonds. The van der Waals surface area contributed by atoms with Crippen molar-refractivity contribution in [1.82, 2.24) is 10.2 Å². The van der Waals surface area contributed by atoms with Gasteiger partial charge in [-0.1, -0.05) is 49.6 Å². The van der Waals surface area contributed by atoms with E-state index in [0.717, 1.165) is 48.4 Å². The maximum atomic E-state index is 13.4. The third-order valence-corrected chi connectivity index (χ3v) is 9.22. The average molecular weight is 583 g/mol. The Kier molecular flexibility index (Phi) is 12.1. The maximum absolute atomic E-state index is 13.4. The molecule has 1 heterocycles. The summed E-state index contributed by atoms with van der Waals surface area (Å²) in [6, 6.07) is 13.3. The summed E-state index contributed by atoms with van der Waals surface area (Å²) in [6.07, 6.45) is 9.97. The summed E-state index contributed by atoms with van der Waals surface area (Å²) < 4.78 is 12.0. The van der Waals surface area contributed by atoms with Crippen LogP contribution in [0.5, 0.6) is 0 Å². The van der Waals surface area contributed by atoms with Crippen molar-refractivity contribution in [3.63, 3.8) is 0 Å². The number of carbonyl (C=O) groups is 2. The molecule has 0 aromatic heterocycles. The predicted octanol–water partition coefficient (Wildman–Crippen LogP) is 5.78. The molecule has 2 aromatic rings. The lowest BCUT2D eigenvalue weighted by molar-refractivity contribution is -0.139. The summed E-state index contributed by atoms with van der Waals surface area (Å²) in [5.41, 5.74) is 4.44. The zero-order valence-corrected chi connectivity index (χ0v) is 25.6. The summed E-state index contributed by atoms with van der Waals surface area (Å²) in [4.78, 5) is 27.7. The normalized spacial score (nSPS) is 20.7. The van der Waals surface area contributed by atoms with Crippen LogP contribution in [0.15, 0.2) is 42.5 Å². The number of carbonyl (C=O) groups excluding carboxylic acids is 1. The van der Waals surface area contributed by atoms with E-state index in [1.165, 1.54) is 32.1 Å². The molecule has 0 bridgehead atoms. The molecule has 1 aliphatic heterocycles. The Morgan fingerprint density at radius 3 is 2.59 bits per heavy atom. The number of carboxylic acids is 1. The van der Waals surface area contributed by atoms with Gasteiger partial charge in [0.05, 0.1) is 12.7 Å². The molecule has 2 aliphatic rings. The lowest BCUT2D eigenvalue weighted by Gasteiger charge is -2.26. The van der Waals surface area contributed by atoms with Gasteiger partial charge in [0.15, 0.2) is 0 Å². The molecule has 3 atom stereocenters. The largest absolute Gasteiger partial charge is 0.480 e. The van der Waals surface area contributed by atoms with Gasteiger partial charge in [0.25, 0.3) is 5.91 Å². The summed E-state index contributed by atoms with van der Waals surface area (Å²) in [7, 11) is 1.78. The highest BCUT2D eigenvalue weighted by molar-refractivity contribution is 7.98. The monoisotopic (exact) mass is 582 g/mol. The van der Waals surface area contributed by atoms with Crippen LogP contribution in [0, 0.1) is 12.8 Å². The molecular weight excluding hydrogens is 536 g/mol. The van der Waals surface area contributed by atoms with Gasteiger partial charge in [0.2, 0.25) is 0 Å². The number of aryl methyl sites for hydroxylation is 1. The molecule has 2 fully saturated rings. The van der Waals surface area contributed by atoms with Crippen LogP contribution >= 0.6 is 11.8 Å². The van der Waals surface area contributed by atoms with Gasteiger partial charge in [0, 0.05) is 38.4 Å². The van der Waals surface area contributed by atoms with Gasteiger partial charge in [-0.05, 0) is 84.9 Å². The first kappa shape index (κ1) is 31.5. The average Bonchev–Trinajstić information content (AvgIpc) is 3.37. The number of carboxylic acid groups (broad SMARTS) is 1. The van der Waals surface area contributed by atoms with Gasteiger partial charge in [-0.2, -0.15) is 11.8 Å². The van der Waals surface area contributed by atoms with Crippen LogP contribution in [0.1, 0.15) is 66.4 Å². The minimum Gasteiger partial charge on any atom is -0.480 e.